The number of likely N-dealkylation sites (N-methyl/N-ethyl adjacent to an activating group) is 1. The molecule has 0 aromatic heterocycles. The van der Waals surface area contributed by atoms with Crippen LogP contribution in [0.2, 0.25) is 0 Å². The van der Waals surface area contributed by atoms with E-state index in [1.54, 1.807) is 56.3 Å². The molecule has 0 radical (unpaired) electrons. The quantitative estimate of drug-likeness (QED) is 0.471. The van der Waals surface area contributed by atoms with Gasteiger partial charge < -0.3 is 10.0 Å². The number of carbonyl (C=O) groups is 2. The predicted octanol–water partition coefficient (Wildman–Crippen LogP) is 3.17. The van der Waals surface area contributed by atoms with Gasteiger partial charge in [0.15, 0.2) is 0 Å². The maximum absolute atomic E-state index is 13.4. The first kappa shape index (κ1) is 25.9. The topological polar surface area (TPSA) is 128 Å². The molecule has 9 heteroatoms. The summed E-state index contributed by atoms with van der Waals surface area (Å²) in [6, 6.07) is 18.0. The second kappa shape index (κ2) is 10.7. The zero-order chi connectivity index (χ0) is 25.8. The molecule has 2 atom stereocenters. The molecule has 0 aliphatic carbocycles. The SMILES string of the molecule is CC(C)C(C(=O)O)N(C)C(=O)C(Cc1ccc(C#N)cc1)NS(=O)(=O)c1ccc2ccccc2c1. The molecule has 0 spiro atoms. The van der Waals surface area contributed by atoms with E-state index < -0.39 is 39.9 Å². The molecule has 1 amide bonds. The third-order valence-electron chi connectivity index (χ3n) is 5.80. The van der Waals surface area contributed by atoms with Crippen LogP contribution in [0.5, 0.6) is 0 Å². The van der Waals surface area contributed by atoms with Crippen LogP contribution in [0.25, 0.3) is 10.8 Å². The fourth-order valence-corrected chi connectivity index (χ4v) is 5.23. The Kier molecular flexibility index (Phi) is 7.89. The molecule has 3 rings (SSSR count). The Bertz CT molecular complexity index is 1380. The number of amides is 1. The molecular weight excluding hydrogens is 466 g/mol. The van der Waals surface area contributed by atoms with Crippen LogP contribution in [-0.2, 0) is 26.0 Å². The molecule has 0 fully saturated rings. The molecule has 182 valence electrons. The molecule has 0 saturated carbocycles. The fraction of sp³-hybridized carbons (Fsp3) is 0.269. The molecule has 0 bridgehead atoms. The van der Waals surface area contributed by atoms with E-state index in [9.17, 15) is 23.1 Å². The predicted molar refractivity (Wildman–Crippen MR) is 132 cm³/mol. The Labute approximate surface area is 204 Å². The summed E-state index contributed by atoms with van der Waals surface area (Å²) < 4.78 is 29.1. The van der Waals surface area contributed by atoms with Crippen molar-refractivity contribution in [3.8, 4) is 6.07 Å². The summed E-state index contributed by atoms with van der Waals surface area (Å²) in [6.45, 7) is 3.36. The van der Waals surface area contributed by atoms with Gasteiger partial charge in [-0.2, -0.15) is 9.98 Å². The van der Waals surface area contributed by atoms with Crippen molar-refractivity contribution in [1.82, 2.24) is 9.62 Å². The second-order valence-corrected chi connectivity index (χ2v) is 10.4. The number of sulfonamides is 1. The van der Waals surface area contributed by atoms with E-state index in [-0.39, 0.29) is 11.3 Å². The van der Waals surface area contributed by atoms with Crippen molar-refractivity contribution in [3.05, 3.63) is 77.9 Å². The van der Waals surface area contributed by atoms with Crippen LogP contribution in [0.3, 0.4) is 0 Å². The summed E-state index contributed by atoms with van der Waals surface area (Å²) in [5.74, 6) is -2.24. The van der Waals surface area contributed by atoms with Gasteiger partial charge in [-0.05, 0) is 52.9 Å². The molecule has 0 aliphatic rings. The van der Waals surface area contributed by atoms with Crippen molar-refractivity contribution < 1.29 is 23.1 Å². The summed E-state index contributed by atoms with van der Waals surface area (Å²) in [6.07, 6.45) is -0.0217. The lowest BCUT2D eigenvalue weighted by molar-refractivity contribution is -0.151. The lowest BCUT2D eigenvalue weighted by Gasteiger charge is -2.31. The molecule has 3 aromatic rings. The van der Waals surface area contributed by atoms with Gasteiger partial charge in [-0.15, -0.1) is 0 Å². The van der Waals surface area contributed by atoms with E-state index in [4.69, 9.17) is 5.26 Å². The van der Waals surface area contributed by atoms with E-state index in [0.29, 0.717) is 11.1 Å². The van der Waals surface area contributed by atoms with Crippen molar-refractivity contribution in [3.63, 3.8) is 0 Å². The van der Waals surface area contributed by atoms with Gasteiger partial charge in [0.2, 0.25) is 15.9 Å². The molecule has 0 aliphatic heterocycles. The average Bonchev–Trinajstić information content (AvgIpc) is 2.82. The maximum atomic E-state index is 13.4. The molecule has 2 N–H and O–H groups in total. The molecule has 3 aromatic carbocycles. The van der Waals surface area contributed by atoms with Gasteiger partial charge in [-0.3, -0.25) is 4.79 Å². The first-order chi connectivity index (χ1) is 16.5. The lowest BCUT2D eigenvalue weighted by Crippen LogP contribution is -2.54. The van der Waals surface area contributed by atoms with Crippen LogP contribution >= 0.6 is 0 Å². The maximum Gasteiger partial charge on any atom is 0.326 e. The normalized spacial score (nSPS) is 13.2. The molecular formula is C26H27N3O5S. The Hall–Kier alpha value is -3.74. The zero-order valence-electron chi connectivity index (χ0n) is 19.7. The fourth-order valence-electron chi connectivity index (χ4n) is 4.00. The number of carboxylic acids is 1. The smallest absolute Gasteiger partial charge is 0.326 e. The van der Waals surface area contributed by atoms with Crippen LogP contribution in [0, 0.1) is 17.2 Å². The van der Waals surface area contributed by atoms with Gasteiger partial charge in [0, 0.05) is 7.05 Å². The second-order valence-electron chi connectivity index (χ2n) is 8.67. The van der Waals surface area contributed by atoms with Crippen LogP contribution in [0.1, 0.15) is 25.0 Å². The summed E-state index contributed by atoms with van der Waals surface area (Å²) >= 11 is 0. The lowest BCUT2D eigenvalue weighted by atomic mass is 10.00. The summed E-state index contributed by atoms with van der Waals surface area (Å²) in [7, 11) is -2.77. The van der Waals surface area contributed by atoms with Crippen molar-refractivity contribution >= 4 is 32.7 Å². The Morgan fingerprint density at radius 2 is 1.66 bits per heavy atom. The number of carboxylic acid groups (broad SMARTS) is 1. The van der Waals surface area contributed by atoms with Gasteiger partial charge in [0.05, 0.1) is 16.5 Å². The number of aliphatic carboxylic acids is 1. The minimum absolute atomic E-state index is 0.00451. The van der Waals surface area contributed by atoms with Gasteiger partial charge in [0.1, 0.15) is 12.1 Å². The first-order valence-corrected chi connectivity index (χ1v) is 12.5. The number of nitriles is 1. The van der Waals surface area contributed by atoms with E-state index in [1.807, 2.05) is 18.2 Å². The van der Waals surface area contributed by atoms with E-state index in [2.05, 4.69) is 4.72 Å². The number of carbonyl (C=O) groups excluding carboxylic acids is 1. The number of hydrogen-bond donors (Lipinski definition) is 2. The van der Waals surface area contributed by atoms with Crippen LogP contribution in [-0.4, -0.2) is 49.4 Å². The minimum atomic E-state index is -4.13. The van der Waals surface area contributed by atoms with Crippen molar-refractivity contribution in [2.24, 2.45) is 5.92 Å². The highest BCUT2D eigenvalue weighted by atomic mass is 32.2. The van der Waals surface area contributed by atoms with Crippen molar-refractivity contribution in [2.45, 2.75) is 37.2 Å². The molecule has 35 heavy (non-hydrogen) atoms. The van der Waals surface area contributed by atoms with Gasteiger partial charge in [0.25, 0.3) is 0 Å². The van der Waals surface area contributed by atoms with E-state index in [0.717, 1.165) is 15.7 Å². The number of rotatable bonds is 9. The number of benzene rings is 3. The average molecular weight is 494 g/mol. The van der Waals surface area contributed by atoms with Crippen molar-refractivity contribution in [2.75, 3.05) is 7.05 Å². The Morgan fingerprint density at radius 3 is 2.23 bits per heavy atom. The third kappa shape index (κ3) is 6.04. The molecule has 8 nitrogen and oxygen atoms in total. The van der Waals surface area contributed by atoms with Crippen LogP contribution in [0.15, 0.2) is 71.6 Å². The van der Waals surface area contributed by atoms with Gasteiger partial charge in [-0.1, -0.05) is 56.3 Å². The number of nitrogens with zero attached hydrogens (tertiary/aromatic N) is 2. The highest BCUT2D eigenvalue weighted by Gasteiger charge is 2.35. The number of hydrogen-bond acceptors (Lipinski definition) is 5. The minimum Gasteiger partial charge on any atom is -0.480 e. The van der Waals surface area contributed by atoms with E-state index in [1.165, 1.54) is 19.2 Å². The van der Waals surface area contributed by atoms with Gasteiger partial charge >= 0.3 is 5.97 Å². The van der Waals surface area contributed by atoms with Gasteiger partial charge in [-0.25, -0.2) is 13.2 Å². The highest BCUT2D eigenvalue weighted by Crippen LogP contribution is 2.20. The number of nitrogens with one attached hydrogen (secondary N) is 1. The third-order valence-corrected chi connectivity index (χ3v) is 7.27. The monoisotopic (exact) mass is 493 g/mol. The largest absolute Gasteiger partial charge is 0.480 e. The first-order valence-electron chi connectivity index (χ1n) is 11.0. The highest BCUT2D eigenvalue weighted by molar-refractivity contribution is 7.89. The van der Waals surface area contributed by atoms with Crippen LogP contribution in [0.4, 0.5) is 0 Å². The van der Waals surface area contributed by atoms with Crippen molar-refractivity contribution in [1.29, 1.82) is 5.26 Å². The van der Waals surface area contributed by atoms with E-state index >= 15 is 0 Å². The Morgan fingerprint density at radius 1 is 1.03 bits per heavy atom. The molecule has 2 unspecified atom stereocenters. The standard InChI is InChI=1S/C26H27N3O5S/c1-17(2)24(26(31)32)29(3)25(30)23(14-18-8-10-19(16-27)11-9-18)28-35(33,34)22-13-12-20-6-4-5-7-21(20)15-22/h4-13,15,17,23-24,28H,14H2,1-3H3,(H,31,32). The van der Waals surface area contributed by atoms with Crippen LogP contribution < -0.4 is 4.72 Å². The summed E-state index contributed by atoms with van der Waals surface area (Å²) in [5, 5.41) is 20.3. The summed E-state index contributed by atoms with van der Waals surface area (Å²) in [5.41, 5.74) is 1.05. The zero-order valence-corrected chi connectivity index (χ0v) is 20.5. The number of fused-ring (bicyclic) bond motifs is 1. The summed E-state index contributed by atoms with van der Waals surface area (Å²) in [4.78, 5) is 26.3. The molecule has 0 heterocycles. The molecule has 0 saturated heterocycles. The Balaban J connectivity index is 1.97.